The van der Waals surface area contributed by atoms with Gasteiger partial charge >= 0.3 is 0 Å². The van der Waals surface area contributed by atoms with E-state index in [-0.39, 0.29) is 5.54 Å². The third-order valence-electron chi connectivity index (χ3n) is 4.73. The van der Waals surface area contributed by atoms with Crippen molar-refractivity contribution in [1.82, 2.24) is 15.0 Å². The van der Waals surface area contributed by atoms with Crippen LogP contribution < -0.4 is 0 Å². The lowest BCUT2D eigenvalue weighted by Gasteiger charge is -2.41. The van der Waals surface area contributed by atoms with Crippen LogP contribution in [0, 0.1) is 4.78 Å². The normalized spacial score (nSPS) is 32.8. The Hall–Kier alpha value is -0.990. The van der Waals surface area contributed by atoms with E-state index in [0.717, 1.165) is 32.2 Å². The molecular weight excluding hydrogens is 304 g/mol. The van der Waals surface area contributed by atoms with Gasteiger partial charge in [0, 0.05) is 34.6 Å². The molecule has 0 saturated carbocycles. The van der Waals surface area contributed by atoms with Gasteiger partial charge in [0.1, 0.15) is 0 Å². The van der Waals surface area contributed by atoms with Crippen LogP contribution in [0.15, 0.2) is 4.52 Å². The fourth-order valence-corrected chi connectivity index (χ4v) is 5.81. The molecule has 1 spiro atoms. The molecule has 22 heavy (non-hydrogen) atoms. The van der Waals surface area contributed by atoms with Crippen LogP contribution in [0.3, 0.4) is 0 Å². The van der Waals surface area contributed by atoms with E-state index in [4.69, 9.17) is 14.0 Å². The predicted octanol–water partition coefficient (Wildman–Crippen LogP) is 1.43. The summed E-state index contributed by atoms with van der Waals surface area (Å²) in [6.07, 6.45) is 4.65. The molecule has 0 aliphatic carbocycles. The van der Waals surface area contributed by atoms with Crippen LogP contribution in [0.4, 0.5) is 0 Å². The lowest BCUT2D eigenvalue weighted by molar-refractivity contribution is 0.120. The van der Waals surface area contributed by atoms with Crippen molar-refractivity contribution in [3.8, 4) is 0 Å². The monoisotopic (exact) mass is 328 g/mol. The number of nitrogens with one attached hydrogen (secondary N) is 1. The average Bonchev–Trinajstić information content (AvgIpc) is 3.04. The number of ether oxygens (including phenoxy) is 1. The summed E-state index contributed by atoms with van der Waals surface area (Å²) >= 11 is 0. The molecule has 124 valence electrons. The lowest BCUT2D eigenvalue weighted by Crippen LogP contribution is -2.51. The highest BCUT2D eigenvalue weighted by molar-refractivity contribution is 7.92. The number of methoxy groups -OCH3 is 1. The van der Waals surface area contributed by atoms with Crippen LogP contribution in [0.2, 0.25) is 0 Å². The van der Waals surface area contributed by atoms with Crippen molar-refractivity contribution in [2.75, 3.05) is 31.8 Å². The van der Waals surface area contributed by atoms with Crippen molar-refractivity contribution >= 4 is 9.73 Å². The molecular formula is C14H24N4O3S. The first-order chi connectivity index (χ1) is 10.5. The maximum Gasteiger partial charge on any atom is 0.240 e. The summed E-state index contributed by atoms with van der Waals surface area (Å²) in [7, 11) is -0.782. The molecule has 2 aliphatic heterocycles. The largest absolute Gasteiger partial charge is 0.384 e. The van der Waals surface area contributed by atoms with Crippen LogP contribution in [-0.4, -0.2) is 56.6 Å². The summed E-state index contributed by atoms with van der Waals surface area (Å²) in [4.78, 5) is 6.72. The van der Waals surface area contributed by atoms with Gasteiger partial charge in [-0.3, -0.25) is 9.68 Å². The summed E-state index contributed by atoms with van der Waals surface area (Å²) in [5, 5.41) is 3.97. The molecule has 2 aliphatic rings. The summed E-state index contributed by atoms with van der Waals surface area (Å²) in [6, 6.07) is 0. The van der Waals surface area contributed by atoms with Crippen LogP contribution in [0.1, 0.15) is 37.4 Å². The van der Waals surface area contributed by atoms with Crippen molar-refractivity contribution in [3.05, 3.63) is 11.7 Å². The van der Waals surface area contributed by atoms with Gasteiger partial charge in [-0.1, -0.05) is 5.16 Å². The second kappa shape index (κ2) is 6.25. The molecule has 0 amide bonds. The number of hydrogen-bond acceptors (Lipinski definition) is 7. The minimum absolute atomic E-state index is 0.0990. The molecule has 3 rings (SSSR count). The van der Waals surface area contributed by atoms with Gasteiger partial charge in [0.05, 0.1) is 18.9 Å². The highest BCUT2D eigenvalue weighted by Gasteiger charge is 2.45. The fraction of sp³-hybridized carbons (Fsp3) is 0.857. The first-order valence-corrected chi connectivity index (χ1v) is 9.72. The molecule has 1 aromatic heterocycles. The number of likely N-dealkylation sites (tertiary alicyclic amines) is 1. The third-order valence-corrected chi connectivity index (χ3v) is 6.68. The molecule has 1 N–H and O–H groups in total. The first kappa shape index (κ1) is 15.9. The zero-order chi connectivity index (χ0) is 15.6. The standard InChI is InChI=1S/C14H24N4O3S/c1-20-8-4-12-16-13(21-17-12)10-18-7-2-5-14(18)6-3-9-22(15,19)11-14/h15H,2-11H2,1H3. The zero-order valence-corrected chi connectivity index (χ0v) is 13.9. The molecule has 2 atom stereocenters. The number of nitrogens with zero attached hydrogens (tertiary/aromatic N) is 3. The second-order valence-corrected chi connectivity index (χ2v) is 8.68. The van der Waals surface area contributed by atoms with Crippen molar-refractivity contribution in [1.29, 1.82) is 4.78 Å². The predicted molar refractivity (Wildman–Crippen MR) is 82.1 cm³/mol. The van der Waals surface area contributed by atoms with E-state index in [0.29, 0.717) is 42.8 Å². The Kier molecular flexibility index (Phi) is 4.52. The van der Waals surface area contributed by atoms with Crippen molar-refractivity contribution < 1.29 is 13.5 Å². The molecule has 0 aromatic carbocycles. The Morgan fingerprint density at radius 1 is 1.45 bits per heavy atom. The van der Waals surface area contributed by atoms with Gasteiger partial charge < -0.3 is 9.26 Å². The SMILES string of the molecule is COCCc1noc(CN2CCCC23CCCS(=N)(=O)C3)n1. The van der Waals surface area contributed by atoms with Gasteiger partial charge in [-0.2, -0.15) is 4.98 Å². The lowest BCUT2D eigenvalue weighted by atomic mass is 9.92. The van der Waals surface area contributed by atoms with Crippen molar-refractivity contribution in [2.45, 2.75) is 44.2 Å². The van der Waals surface area contributed by atoms with E-state index < -0.39 is 9.73 Å². The zero-order valence-electron chi connectivity index (χ0n) is 13.0. The van der Waals surface area contributed by atoms with E-state index in [1.54, 1.807) is 7.11 Å². The van der Waals surface area contributed by atoms with Crippen LogP contribution in [0.25, 0.3) is 0 Å². The van der Waals surface area contributed by atoms with Crippen LogP contribution in [0.5, 0.6) is 0 Å². The highest BCUT2D eigenvalue weighted by Crippen LogP contribution is 2.39. The minimum atomic E-state index is -2.43. The summed E-state index contributed by atoms with van der Waals surface area (Å²) in [6.45, 7) is 2.12. The molecule has 2 saturated heterocycles. The van der Waals surface area contributed by atoms with E-state index in [1.807, 2.05) is 0 Å². The first-order valence-electron chi connectivity index (χ1n) is 7.83. The molecule has 0 radical (unpaired) electrons. The Bertz CT molecular complexity index is 615. The van der Waals surface area contributed by atoms with Gasteiger partial charge in [-0.15, -0.1) is 0 Å². The molecule has 2 unspecified atom stereocenters. The number of hydrogen-bond donors (Lipinski definition) is 1. The van der Waals surface area contributed by atoms with E-state index in [2.05, 4.69) is 15.0 Å². The van der Waals surface area contributed by atoms with Crippen molar-refractivity contribution in [2.24, 2.45) is 0 Å². The Labute approximate surface area is 131 Å². The second-order valence-electron chi connectivity index (χ2n) is 6.36. The van der Waals surface area contributed by atoms with E-state index in [1.165, 1.54) is 0 Å². The van der Waals surface area contributed by atoms with Crippen LogP contribution in [-0.2, 0) is 27.4 Å². The summed E-state index contributed by atoms with van der Waals surface area (Å²) in [5.41, 5.74) is -0.0990. The smallest absolute Gasteiger partial charge is 0.240 e. The molecule has 8 heteroatoms. The maximum atomic E-state index is 12.3. The van der Waals surface area contributed by atoms with E-state index in [9.17, 15) is 4.21 Å². The van der Waals surface area contributed by atoms with Gasteiger partial charge in [0.25, 0.3) is 0 Å². The van der Waals surface area contributed by atoms with Gasteiger partial charge in [-0.05, 0) is 32.2 Å². The van der Waals surface area contributed by atoms with Gasteiger partial charge in [0.2, 0.25) is 5.89 Å². The Balaban J connectivity index is 1.70. The molecule has 7 nitrogen and oxygen atoms in total. The molecule has 3 heterocycles. The molecule has 2 fully saturated rings. The third kappa shape index (κ3) is 3.33. The number of rotatable bonds is 5. The van der Waals surface area contributed by atoms with Gasteiger partial charge in [-0.25, -0.2) is 4.21 Å². The molecule has 1 aromatic rings. The minimum Gasteiger partial charge on any atom is -0.384 e. The quantitative estimate of drug-likeness (QED) is 0.879. The fourth-order valence-electron chi connectivity index (χ4n) is 3.71. The summed E-state index contributed by atoms with van der Waals surface area (Å²) in [5.74, 6) is 2.31. The Morgan fingerprint density at radius 2 is 2.27 bits per heavy atom. The maximum absolute atomic E-state index is 12.3. The van der Waals surface area contributed by atoms with E-state index >= 15 is 0 Å². The summed E-state index contributed by atoms with van der Waals surface area (Å²) < 4.78 is 30.6. The van der Waals surface area contributed by atoms with Crippen molar-refractivity contribution in [3.63, 3.8) is 0 Å². The molecule has 0 bridgehead atoms. The van der Waals surface area contributed by atoms with Crippen LogP contribution >= 0.6 is 0 Å². The Morgan fingerprint density at radius 3 is 3.05 bits per heavy atom. The van der Waals surface area contributed by atoms with Gasteiger partial charge in [0.15, 0.2) is 5.82 Å². The highest BCUT2D eigenvalue weighted by atomic mass is 32.2. The number of aromatic nitrogens is 2. The average molecular weight is 328 g/mol. The topological polar surface area (TPSA) is 92.3 Å².